The van der Waals surface area contributed by atoms with Gasteiger partial charge in [0.25, 0.3) is 5.91 Å². The summed E-state index contributed by atoms with van der Waals surface area (Å²) in [7, 11) is 0. The summed E-state index contributed by atoms with van der Waals surface area (Å²) >= 11 is 0. The van der Waals surface area contributed by atoms with Crippen molar-refractivity contribution < 1.29 is 4.79 Å². The van der Waals surface area contributed by atoms with Gasteiger partial charge in [0.1, 0.15) is 5.82 Å². The molecule has 4 rings (SSSR count). The minimum Gasteiger partial charge on any atom is -0.353 e. The second-order valence-corrected chi connectivity index (χ2v) is 7.24. The Hall–Kier alpha value is -2.63. The number of carbonyl (C=O) groups is 1. The first kappa shape index (κ1) is 17.8. The highest BCUT2D eigenvalue weighted by atomic mass is 16.2. The van der Waals surface area contributed by atoms with Crippen LogP contribution >= 0.6 is 0 Å². The summed E-state index contributed by atoms with van der Waals surface area (Å²) in [6.07, 6.45) is 5.27. The summed E-state index contributed by atoms with van der Waals surface area (Å²) in [6, 6.07) is 9.95. The van der Waals surface area contributed by atoms with E-state index >= 15 is 0 Å². The van der Waals surface area contributed by atoms with Gasteiger partial charge in [-0.2, -0.15) is 4.98 Å². The van der Waals surface area contributed by atoms with Crippen LogP contribution in [0.5, 0.6) is 0 Å². The first-order valence-corrected chi connectivity index (χ1v) is 9.96. The molecule has 2 aromatic rings. The summed E-state index contributed by atoms with van der Waals surface area (Å²) in [4.78, 5) is 28.4. The first-order valence-electron chi connectivity index (χ1n) is 9.96. The van der Waals surface area contributed by atoms with Crippen molar-refractivity contribution in [1.82, 2.24) is 14.9 Å². The predicted octanol–water partition coefficient (Wildman–Crippen LogP) is 2.60. The zero-order valence-electron chi connectivity index (χ0n) is 16.0. The molecular formula is C21H27N5O. The van der Waals surface area contributed by atoms with Crippen LogP contribution in [0.1, 0.15) is 35.7 Å². The van der Waals surface area contributed by atoms with Crippen LogP contribution in [0.25, 0.3) is 0 Å². The molecule has 2 saturated heterocycles. The van der Waals surface area contributed by atoms with E-state index in [-0.39, 0.29) is 5.91 Å². The van der Waals surface area contributed by atoms with Crippen LogP contribution in [0.3, 0.4) is 0 Å². The number of benzene rings is 1. The van der Waals surface area contributed by atoms with E-state index < -0.39 is 0 Å². The van der Waals surface area contributed by atoms with Gasteiger partial charge in [0.2, 0.25) is 5.95 Å². The Balaban J connectivity index is 1.38. The molecule has 0 radical (unpaired) electrons. The number of carbonyl (C=O) groups excluding carboxylic acids is 1. The Labute approximate surface area is 160 Å². The quantitative estimate of drug-likeness (QED) is 0.834. The topological polar surface area (TPSA) is 52.6 Å². The average molecular weight is 365 g/mol. The molecule has 2 aliphatic rings. The fraction of sp³-hybridized carbons (Fsp3) is 0.476. The Bertz CT molecular complexity index is 777. The normalized spacial score (nSPS) is 17.4. The molecule has 0 spiro atoms. The molecule has 0 unspecified atom stereocenters. The van der Waals surface area contributed by atoms with Crippen molar-refractivity contribution in [2.24, 2.45) is 0 Å². The molecule has 2 aliphatic heterocycles. The van der Waals surface area contributed by atoms with Crippen molar-refractivity contribution >= 4 is 17.7 Å². The number of hydrogen-bond acceptors (Lipinski definition) is 5. The summed E-state index contributed by atoms with van der Waals surface area (Å²) in [5.41, 5.74) is 2.04. The summed E-state index contributed by atoms with van der Waals surface area (Å²) in [5, 5.41) is 0. The van der Waals surface area contributed by atoms with Gasteiger partial charge < -0.3 is 14.7 Å². The van der Waals surface area contributed by atoms with E-state index in [4.69, 9.17) is 4.98 Å². The summed E-state index contributed by atoms with van der Waals surface area (Å²) in [5.74, 6) is 1.92. The number of aryl methyl sites for hydroxylation is 1. The van der Waals surface area contributed by atoms with Gasteiger partial charge in [0.15, 0.2) is 0 Å². The summed E-state index contributed by atoms with van der Waals surface area (Å²) in [6.45, 7) is 7.25. The van der Waals surface area contributed by atoms with E-state index in [1.807, 2.05) is 41.4 Å². The van der Waals surface area contributed by atoms with Gasteiger partial charge in [0, 0.05) is 51.0 Å². The van der Waals surface area contributed by atoms with E-state index in [2.05, 4.69) is 21.7 Å². The number of nitrogens with zero attached hydrogens (tertiary/aromatic N) is 5. The van der Waals surface area contributed by atoms with Crippen molar-refractivity contribution in [2.45, 2.75) is 26.2 Å². The Kier molecular flexibility index (Phi) is 5.23. The Morgan fingerprint density at radius 3 is 2.30 bits per heavy atom. The number of amides is 1. The standard InChI is InChI=1S/C21H27N5O/c1-2-17-5-7-18(8-6-17)20(27)25-15-13-24(14-16-25)19-9-10-22-21(23-19)26-11-3-4-12-26/h5-10H,2-4,11-16H2,1H3. The highest BCUT2D eigenvalue weighted by Gasteiger charge is 2.24. The number of rotatable bonds is 4. The van der Waals surface area contributed by atoms with E-state index in [1.165, 1.54) is 18.4 Å². The Morgan fingerprint density at radius 2 is 1.63 bits per heavy atom. The highest BCUT2D eigenvalue weighted by molar-refractivity contribution is 5.94. The van der Waals surface area contributed by atoms with E-state index in [0.29, 0.717) is 0 Å². The molecule has 3 heterocycles. The molecule has 1 aromatic heterocycles. The zero-order chi connectivity index (χ0) is 18.6. The van der Waals surface area contributed by atoms with Crippen molar-refractivity contribution in [2.75, 3.05) is 49.1 Å². The second-order valence-electron chi connectivity index (χ2n) is 7.24. The predicted molar refractivity (Wildman–Crippen MR) is 107 cm³/mol. The maximum atomic E-state index is 12.7. The van der Waals surface area contributed by atoms with Crippen LogP contribution in [0.4, 0.5) is 11.8 Å². The van der Waals surface area contributed by atoms with Crippen LogP contribution in [0.2, 0.25) is 0 Å². The smallest absolute Gasteiger partial charge is 0.253 e. The number of aromatic nitrogens is 2. The lowest BCUT2D eigenvalue weighted by Crippen LogP contribution is -2.49. The third kappa shape index (κ3) is 3.89. The molecule has 6 nitrogen and oxygen atoms in total. The molecule has 27 heavy (non-hydrogen) atoms. The molecule has 0 aliphatic carbocycles. The summed E-state index contributed by atoms with van der Waals surface area (Å²) < 4.78 is 0. The van der Waals surface area contributed by atoms with Gasteiger partial charge >= 0.3 is 0 Å². The minimum absolute atomic E-state index is 0.123. The van der Waals surface area contributed by atoms with Crippen molar-refractivity contribution in [3.05, 3.63) is 47.7 Å². The Morgan fingerprint density at radius 1 is 0.926 bits per heavy atom. The number of anilines is 2. The number of piperazine rings is 1. The molecule has 1 aromatic carbocycles. The highest BCUT2D eigenvalue weighted by Crippen LogP contribution is 2.20. The van der Waals surface area contributed by atoms with Crippen LogP contribution in [0.15, 0.2) is 36.5 Å². The third-order valence-electron chi connectivity index (χ3n) is 5.52. The van der Waals surface area contributed by atoms with Gasteiger partial charge in [-0.3, -0.25) is 4.79 Å². The van der Waals surface area contributed by atoms with Crippen molar-refractivity contribution in [3.8, 4) is 0 Å². The lowest BCUT2D eigenvalue weighted by molar-refractivity contribution is 0.0746. The van der Waals surface area contributed by atoms with Crippen LogP contribution in [0, 0.1) is 0 Å². The van der Waals surface area contributed by atoms with Crippen LogP contribution in [-0.2, 0) is 6.42 Å². The lowest BCUT2D eigenvalue weighted by Gasteiger charge is -2.35. The molecule has 142 valence electrons. The van der Waals surface area contributed by atoms with Gasteiger partial charge in [-0.15, -0.1) is 0 Å². The average Bonchev–Trinajstić information content (AvgIpc) is 3.29. The maximum Gasteiger partial charge on any atom is 0.253 e. The van der Waals surface area contributed by atoms with Crippen molar-refractivity contribution in [1.29, 1.82) is 0 Å². The lowest BCUT2D eigenvalue weighted by atomic mass is 10.1. The van der Waals surface area contributed by atoms with E-state index in [1.54, 1.807) is 0 Å². The fourth-order valence-corrected chi connectivity index (χ4v) is 3.79. The SMILES string of the molecule is CCc1ccc(C(=O)N2CCN(c3ccnc(N4CCCC4)n3)CC2)cc1. The largest absolute Gasteiger partial charge is 0.353 e. The molecule has 2 fully saturated rings. The molecule has 0 N–H and O–H groups in total. The minimum atomic E-state index is 0.123. The van der Waals surface area contributed by atoms with Gasteiger partial charge in [-0.1, -0.05) is 19.1 Å². The number of hydrogen-bond donors (Lipinski definition) is 0. The molecular weight excluding hydrogens is 338 g/mol. The third-order valence-corrected chi connectivity index (χ3v) is 5.52. The van der Waals surface area contributed by atoms with E-state index in [0.717, 1.165) is 63.0 Å². The van der Waals surface area contributed by atoms with Crippen LogP contribution < -0.4 is 9.80 Å². The first-order chi connectivity index (χ1) is 13.2. The zero-order valence-corrected chi connectivity index (χ0v) is 16.0. The maximum absolute atomic E-state index is 12.7. The molecule has 0 atom stereocenters. The van der Waals surface area contributed by atoms with Crippen molar-refractivity contribution in [3.63, 3.8) is 0 Å². The second kappa shape index (κ2) is 7.94. The molecule has 1 amide bonds. The molecule has 6 heteroatoms. The van der Waals surface area contributed by atoms with Gasteiger partial charge in [0.05, 0.1) is 0 Å². The van der Waals surface area contributed by atoms with E-state index in [9.17, 15) is 4.79 Å². The fourth-order valence-electron chi connectivity index (χ4n) is 3.79. The van der Waals surface area contributed by atoms with Crippen LogP contribution in [-0.4, -0.2) is 60.0 Å². The molecule has 0 bridgehead atoms. The molecule has 0 saturated carbocycles. The van der Waals surface area contributed by atoms with Gasteiger partial charge in [-0.05, 0) is 43.0 Å². The van der Waals surface area contributed by atoms with Gasteiger partial charge in [-0.25, -0.2) is 4.98 Å². The monoisotopic (exact) mass is 365 g/mol.